The van der Waals surface area contributed by atoms with Gasteiger partial charge in [-0.15, -0.1) is 0 Å². The third-order valence-electron chi connectivity index (χ3n) is 2.72. The van der Waals surface area contributed by atoms with Crippen LogP contribution < -0.4 is 0 Å². The van der Waals surface area contributed by atoms with E-state index in [1.807, 2.05) is 0 Å². The summed E-state index contributed by atoms with van der Waals surface area (Å²) >= 11 is 0. The average molecular weight is 180 g/mol. The molecule has 0 amide bonds. The Bertz CT molecular complexity index is 161. The molecule has 0 unspecified atom stereocenters. The summed E-state index contributed by atoms with van der Waals surface area (Å²) in [5.74, 6) is 0.193. The molecule has 74 valence electrons. The highest BCUT2D eigenvalue weighted by molar-refractivity contribution is 5.56. The monoisotopic (exact) mass is 180 g/mol. The van der Waals surface area contributed by atoms with Gasteiger partial charge in [-0.3, -0.25) is 0 Å². The lowest BCUT2D eigenvalue weighted by atomic mass is 10.0. The summed E-state index contributed by atoms with van der Waals surface area (Å²) in [7, 11) is 0. The van der Waals surface area contributed by atoms with Crippen LogP contribution in [0.15, 0.2) is 12.2 Å². The Labute approximate surface area is 81.2 Å². The van der Waals surface area contributed by atoms with Gasteiger partial charge < -0.3 is 4.79 Å². The topological polar surface area (TPSA) is 17.1 Å². The van der Waals surface area contributed by atoms with Gasteiger partial charge in [0.1, 0.15) is 6.29 Å². The average Bonchev–Trinajstić information content (AvgIpc) is 2.22. The van der Waals surface area contributed by atoms with E-state index >= 15 is 0 Å². The molecule has 0 aromatic heterocycles. The van der Waals surface area contributed by atoms with Crippen molar-refractivity contribution < 1.29 is 4.79 Å². The molecule has 0 aromatic rings. The Morgan fingerprint density at radius 2 is 1.69 bits per heavy atom. The van der Waals surface area contributed by atoms with Crippen molar-refractivity contribution in [3.63, 3.8) is 0 Å². The van der Waals surface area contributed by atoms with E-state index in [9.17, 15) is 4.79 Å². The lowest BCUT2D eigenvalue weighted by molar-refractivity contribution is -0.110. The number of rotatable bonds is 1. The summed E-state index contributed by atoms with van der Waals surface area (Å²) in [5.41, 5.74) is 0. The molecule has 0 spiro atoms. The van der Waals surface area contributed by atoms with Crippen LogP contribution in [0.5, 0.6) is 0 Å². The Kier molecular flexibility index (Phi) is 5.55. The Morgan fingerprint density at radius 1 is 1.00 bits per heavy atom. The second kappa shape index (κ2) is 6.88. The van der Waals surface area contributed by atoms with Crippen LogP contribution in [-0.2, 0) is 4.79 Å². The molecular formula is C12H20O. The van der Waals surface area contributed by atoms with Crippen molar-refractivity contribution in [2.45, 2.75) is 51.4 Å². The van der Waals surface area contributed by atoms with Gasteiger partial charge in [0.05, 0.1) is 0 Å². The van der Waals surface area contributed by atoms with Gasteiger partial charge in [0.2, 0.25) is 0 Å². The van der Waals surface area contributed by atoms with E-state index < -0.39 is 0 Å². The van der Waals surface area contributed by atoms with Crippen LogP contribution in [0.2, 0.25) is 0 Å². The van der Waals surface area contributed by atoms with Crippen LogP contribution in [0.25, 0.3) is 0 Å². The molecule has 0 N–H and O–H groups in total. The molecule has 0 bridgehead atoms. The predicted octanol–water partition coefficient (Wildman–Crippen LogP) is 3.49. The molecule has 13 heavy (non-hydrogen) atoms. The minimum atomic E-state index is 0.193. The second-order valence-electron chi connectivity index (χ2n) is 3.93. The number of hydrogen-bond acceptors (Lipinski definition) is 1. The number of aldehydes is 1. The summed E-state index contributed by atoms with van der Waals surface area (Å²) in [5, 5.41) is 0. The van der Waals surface area contributed by atoms with Gasteiger partial charge in [-0.25, -0.2) is 0 Å². The molecule has 1 nitrogen and oxygen atoms in total. The molecule has 1 aliphatic rings. The Hall–Kier alpha value is -0.590. The van der Waals surface area contributed by atoms with Crippen LogP contribution in [-0.4, -0.2) is 6.29 Å². The molecule has 1 heteroatoms. The maximum atomic E-state index is 10.7. The summed E-state index contributed by atoms with van der Waals surface area (Å²) in [6.45, 7) is 0. The third-order valence-corrected chi connectivity index (χ3v) is 2.72. The standard InChI is InChI=1S/C12H20O/c13-11-12-9-7-5-3-1-2-4-6-8-10-12/h7,9,11-12H,1-6,8,10H2/b9-7+/t12-/m0/s1. The summed E-state index contributed by atoms with van der Waals surface area (Å²) in [4.78, 5) is 10.7. The van der Waals surface area contributed by atoms with Gasteiger partial charge in [0.25, 0.3) is 0 Å². The quantitative estimate of drug-likeness (QED) is 0.446. The largest absolute Gasteiger partial charge is 0.303 e. The first-order valence-corrected chi connectivity index (χ1v) is 5.55. The first kappa shape index (κ1) is 10.5. The fourth-order valence-electron chi connectivity index (χ4n) is 1.83. The Balaban J connectivity index is 2.33. The Morgan fingerprint density at radius 3 is 2.46 bits per heavy atom. The SMILES string of the molecule is O=C[C@H]1/C=C/CCCCCCCC1. The zero-order chi connectivity index (χ0) is 9.36. The van der Waals surface area contributed by atoms with Crippen LogP contribution in [0.4, 0.5) is 0 Å². The van der Waals surface area contributed by atoms with Gasteiger partial charge in [-0.05, 0) is 19.3 Å². The van der Waals surface area contributed by atoms with E-state index in [0.717, 1.165) is 19.1 Å². The van der Waals surface area contributed by atoms with Gasteiger partial charge in [0, 0.05) is 5.92 Å². The number of allylic oxidation sites excluding steroid dienone is 2. The fourth-order valence-corrected chi connectivity index (χ4v) is 1.83. The van der Waals surface area contributed by atoms with Crippen molar-refractivity contribution in [1.82, 2.24) is 0 Å². The van der Waals surface area contributed by atoms with Crippen molar-refractivity contribution in [2.75, 3.05) is 0 Å². The van der Waals surface area contributed by atoms with Gasteiger partial charge >= 0.3 is 0 Å². The van der Waals surface area contributed by atoms with Gasteiger partial charge in [-0.2, -0.15) is 0 Å². The normalized spacial score (nSPS) is 28.8. The van der Waals surface area contributed by atoms with Crippen molar-refractivity contribution in [3.8, 4) is 0 Å². The molecule has 0 saturated carbocycles. The molecular weight excluding hydrogens is 160 g/mol. The van der Waals surface area contributed by atoms with Crippen molar-refractivity contribution in [2.24, 2.45) is 5.92 Å². The first-order chi connectivity index (χ1) is 6.43. The summed E-state index contributed by atoms with van der Waals surface area (Å²) < 4.78 is 0. The van der Waals surface area contributed by atoms with E-state index in [1.165, 1.54) is 38.5 Å². The zero-order valence-electron chi connectivity index (χ0n) is 8.37. The van der Waals surface area contributed by atoms with Crippen LogP contribution >= 0.6 is 0 Å². The summed E-state index contributed by atoms with van der Waals surface area (Å²) in [6.07, 6.45) is 15.5. The maximum Gasteiger partial charge on any atom is 0.126 e. The predicted molar refractivity (Wildman–Crippen MR) is 55.6 cm³/mol. The summed E-state index contributed by atoms with van der Waals surface area (Å²) in [6, 6.07) is 0. The van der Waals surface area contributed by atoms with Crippen molar-refractivity contribution in [1.29, 1.82) is 0 Å². The van der Waals surface area contributed by atoms with Gasteiger partial charge in [0.15, 0.2) is 0 Å². The van der Waals surface area contributed by atoms with E-state index in [1.54, 1.807) is 0 Å². The lowest BCUT2D eigenvalue weighted by Crippen LogP contribution is -1.97. The van der Waals surface area contributed by atoms with Crippen LogP contribution in [0.3, 0.4) is 0 Å². The van der Waals surface area contributed by atoms with Crippen molar-refractivity contribution in [3.05, 3.63) is 12.2 Å². The smallest absolute Gasteiger partial charge is 0.126 e. The first-order valence-electron chi connectivity index (χ1n) is 5.55. The van der Waals surface area contributed by atoms with E-state index in [2.05, 4.69) is 12.2 Å². The molecule has 1 atom stereocenters. The number of carbonyl (C=O) groups is 1. The van der Waals surface area contributed by atoms with E-state index in [-0.39, 0.29) is 5.92 Å². The third kappa shape index (κ3) is 4.87. The molecule has 0 heterocycles. The second-order valence-corrected chi connectivity index (χ2v) is 3.93. The highest BCUT2D eigenvalue weighted by atomic mass is 16.1. The molecule has 0 aromatic carbocycles. The maximum absolute atomic E-state index is 10.7. The zero-order valence-corrected chi connectivity index (χ0v) is 8.37. The number of hydrogen-bond donors (Lipinski definition) is 0. The van der Waals surface area contributed by atoms with Crippen LogP contribution in [0.1, 0.15) is 51.4 Å². The lowest BCUT2D eigenvalue weighted by Gasteiger charge is -2.03. The molecule has 0 fully saturated rings. The van der Waals surface area contributed by atoms with Gasteiger partial charge in [-0.1, -0.05) is 44.3 Å². The molecule has 0 saturated heterocycles. The highest BCUT2D eigenvalue weighted by Gasteiger charge is 2.02. The minimum absolute atomic E-state index is 0.193. The van der Waals surface area contributed by atoms with E-state index in [0.29, 0.717) is 0 Å². The molecule has 1 rings (SSSR count). The fraction of sp³-hybridized carbons (Fsp3) is 0.750. The molecule has 1 aliphatic carbocycles. The molecule has 0 radical (unpaired) electrons. The highest BCUT2D eigenvalue weighted by Crippen LogP contribution is 2.15. The van der Waals surface area contributed by atoms with Crippen LogP contribution in [0, 0.1) is 5.92 Å². The van der Waals surface area contributed by atoms with Crippen molar-refractivity contribution >= 4 is 6.29 Å². The number of carbonyl (C=O) groups excluding carboxylic acids is 1. The molecule has 0 aliphatic heterocycles. The van der Waals surface area contributed by atoms with E-state index in [4.69, 9.17) is 0 Å². The minimum Gasteiger partial charge on any atom is -0.303 e.